The van der Waals surface area contributed by atoms with Crippen molar-refractivity contribution >= 4 is 11.5 Å². The summed E-state index contributed by atoms with van der Waals surface area (Å²) in [6.45, 7) is 1.82. The molecule has 0 amide bonds. The average molecular weight is 306 g/mol. The van der Waals surface area contributed by atoms with Crippen molar-refractivity contribution in [2.75, 3.05) is 18.0 Å². The standard InChI is InChI=1S/C17H18N6/c1-21-11-14(10-19-21)13-5-4-7-22(12-13)17-15(9-18)23-8-3-2-6-16(23)20-17/h2-3,6,8,10-11,13H,4-5,7,12H2,1H3. The zero-order chi connectivity index (χ0) is 15.8. The molecule has 1 unspecified atom stereocenters. The van der Waals surface area contributed by atoms with Crippen molar-refractivity contribution in [2.24, 2.45) is 7.05 Å². The summed E-state index contributed by atoms with van der Waals surface area (Å²) in [6.07, 6.45) is 8.18. The smallest absolute Gasteiger partial charge is 0.169 e. The maximum atomic E-state index is 9.57. The van der Waals surface area contributed by atoms with E-state index in [0.717, 1.165) is 37.4 Å². The lowest BCUT2D eigenvalue weighted by Crippen LogP contribution is -2.35. The van der Waals surface area contributed by atoms with Crippen molar-refractivity contribution in [3.05, 3.63) is 48.0 Å². The average Bonchev–Trinajstić information content (AvgIpc) is 3.18. The van der Waals surface area contributed by atoms with Gasteiger partial charge in [0, 0.05) is 38.4 Å². The Morgan fingerprint density at radius 2 is 2.26 bits per heavy atom. The van der Waals surface area contributed by atoms with Gasteiger partial charge >= 0.3 is 0 Å². The Morgan fingerprint density at radius 1 is 1.35 bits per heavy atom. The zero-order valence-electron chi connectivity index (χ0n) is 13.1. The third kappa shape index (κ3) is 2.34. The molecule has 3 aromatic heterocycles. The summed E-state index contributed by atoms with van der Waals surface area (Å²) in [7, 11) is 1.94. The molecule has 0 bridgehead atoms. The number of pyridine rings is 1. The van der Waals surface area contributed by atoms with Crippen LogP contribution in [0.2, 0.25) is 0 Å². The largest absolute Gasteiger partial charge is 0.354 e. The summed E-state index contributed by atoms with van der Waals surface area (Å²) in [5.74, 6) is 1.24. The Kier molecular flexibility index (Phi) is 3.27. The SMILES string of the molecule is Cn1cc(C2CCCN(c3nc4ccccn4c3C#N)C2)cn1. The van der Waals surface area contributed by atoms with Gasteiger partial charge in [0.25, 0.3) is 0 Å². The number of nitriles is 1. The third-order valence-corrected chi connectivity index (χ3v) is 4.53. The first-order chi connectivity index (χ1) is 11.3. The maximum absolute atomic E-state index is 9.57. The second-order valence-corrected chi connectivity index (χ2v) is 6.06. The number of piperidine rings is 1. The van der Waals surface area contributed by atoms with Gasteiger partial charge in [-0.15, -0.1) is 0 Å². The van der Waals surface area contributed by atoms with Gasteiger partial charge in [0.05, 0.1) is 6.20 Å². The molecule has 0 radical (unpaired) electrons. The van der Waals surface area contributed by atoms with E-state index in [0.29, 0.717) is 11.6 Å². The summed E-state index contributed by atoms with van der Waals surface area (Å²) in [4.78, 5) is 6.93. The molecule has 116 valence electrons. The van der Waals surface area contributed by atoms with E-state index in [1.807, 2.05) is 46.7 Å². The summed E-state index contributed by atoms with van der Waals surface area (Å²) in [6, 6.07) is 8.13. The molecule has 0 spiro atoms. The summed E-state index contributed by atoms with van der Waals surface area (Å²) < 4.78 is 3.71. The highest BCUT2D eigenvalue weighted by molar-refractivity contribution is 5.60. The van der Waals surface area contributed by atoms with Crippen molar-refractivity contribution in [1.82, 2.24) is 19.2 Å². The van der Waals surface area contributed by atoms with E-state index in [-0.39, 0.29) is 0 Å². The molecule has 1 aliphatic rings. The summed E-state index contributed by atoms with van der Waals surface area (Å²) in [5.41, 5.74) is 2.70. The van der Waals surface area contributed by atoms with Crippen molar-refractivity contribution < 1.29 is 0 Å². The number of imidazole rings is 1. The van der Waals surface area contributed by atoms with Crippen molar-refractivity contribution in [3.8, 4) is 6.07 Å². The number of anilines is 1. The molecule has 4 heterocycles. The lowest BCUT2D eigenvalue weighted by Gasteiger charge is -2.32. The topological polar surface area (TPSA) is 62.2 Å². The van der Waals surface area contributed by atoms with Crippen LogP contribution in [-0.2, 0) is 7.05 Å². The molecular formula is C17H18N6. The summed E-state index contributed by atoms with van der Waals surface area (Å²) >= 11 is 0. The van der Waals surface area contributed by atoms with Crippen molar-refractivity contribution in [3.63, 3.8) is 0 Å². The van der Waals surface area contributed by atoms with E-state index in [1.54, 1.807) is 0 Å². The van der Waals surface area contributed by atoms with Crippen LogP contribution in [0, 0.1) is 11.3 Å². The quantitative estimate of drug-likeness (QED) is 0.729. The fourth-order valence-electron chi connectivity index (χ4n) is 3.40. The van der Waals surface area contributed by atoms with Crippen molar-refractivity contribution in [2.45, 2.75) is 18.8 Å². The Hall–Kier alpha value is -2.81. The Bertz CT molecular complexity index is 884. The highest BCUT2D eigenvalue weighted by Gasteiger charge is 2.26. The van der Waals surface area contributed by atoms with Crippen LogP contribution in [-0.4, -0.2) is 32.3 Å². The molecule has 6 nitrogen and oxygen atoms in total. The Balaban J connectivity index is 1.69. The number of hydrogen-bond donors (Lipinski definition) is 0. The first-order valence-electron chi connectivity index (χ1n) is 7.87. The molecular weight excluding hydrogens is 288 g/mol. The minimum atomic E-state index is 0.439. The Morgan fingerprint density at radius 3 is 3.04 bits per heavy atom. The van der Waals surface area contributed by atoms with Crippen molar-refractivity contribution in [1.29, 1.82) is 5.26 Å². The van der Waals surface area contributed by atoms with Crippen LogP contribution in [0.1, 0.15) is 30.0 Å². The van der Waals surface area contributed by atoms with Gasteiger partial charge in [-0.3, -0.25) is 9.08 Å². The fourth-order valence-corrected chi connectivity index (χ4v) is 3.40. The molecule has 1 aliphatic heterocycles. The first kappa shape index (κ1) is 13.8. The van der Waals surface area contributed by atoms with E-state index >= 15 is 0 Å². The van der Waals surface area contributed by atoms with Gasteiger partial charge in [-0.05, 0) is 30.5 Å². The molecule has 4 rings (SSSR count). The molecule has 0 N–H and O–H groups in total. The molecule has 6 heteroatoms. The summed E-state index contributed by atoms with van der Waals surface area (Å²) in [5, 5.41) is 13.9. The monoisotopic (exact) mass is 306 g/mol. The number of aryl methyl sites for hydroxylation is 1. The van der Waals surface area contributed by atoms with E-state index in [9.17, 15) is 5.26 Å². The second-order valence-electron chi connectivity index (χ2n) is 6.06. The van der Waals surface area contributed by atoms with Gasteiger partial charge in [0.2, 0.25) is 0 Å². The molecule has 23 heavy (non-hydrogen) atoms. The lowest BCUT2D eigenvalue weighted by molar-refractivity contribution is 0.507. The molecule has 1 saturated heterocycles. The predicted molar refractivity (Wildman–Crippen MR) is 87.3 cm³/mol. The van der Waals surface area contributed by atoms with Crippen LogP contribution >= 0.6 is 0 Å². The Labute approximate surface area is 134 Å². The van der Waals surface area contributed by atoms with Gasteiger partial charge in [-0.1, -0.05) is 6.07 Å². The maximum Gasteiger partial charge on any atom is 0.169 e. The van der Waals surface area contributed by atoms with Gasteiger partial charge in [0.1, 0.15) is 11.7 Å². The van der Waals surface area contributed by atoms with Gasteiger partial charge < -0.3 is 4.90 Å². The third-order valence-electron chi connectivity index (χ3n) is 4.53. The van der Waals surface area contributed by atoms with Crippen LogP contribution in [0.3, 0.4) is 0 Å². The normalized spacial score (nSPS) is 18.3. The predicted octanol–water partition coefficient (Wildman–Crippen LogP) is 2.32. The van der Waals surface area contributed by atoms with Crippen LogP contribution < -0.4 is 4.90 Å². The second kappa shape index (κ2) is 5.43. The van der Waals surface area contributed by atoms with Gasteiger partial charge in [0.15, 0.2) is 11.5 Å². The number of nitrogens with zero attached hydrogens (tertiary/aromatic N) is 6. The highest BCUT2D eigenvalue weighted by Crippen LogP contribution is 2.31. The molecule has 3 aromatic rings. The van der Waals surface area contributed by atoms with E-state index in [2.05, 4.69) is 27.2 Å². The number of aromatic nitrogens is 4. The van der Waals surface area contributed by atoms with Crippen LogP contribution in [0.15, 0.2) is 36.8 Å². The molecule has 1 atom stereocenters. The van der Waals surface area contributed by atoms with Gasteiger partial charge in [-0.2, -0.15) is 10.4 Å². The molecule has 1 fully saturated rings. The zero-order valence-corrected chi connectivity index (χ0v) is 13.1. The van der Waals surface area contributed by atoms with Gasteiger partial charge in [-0.25, -0.2) is 4.98 Å². The van der Waals surface area contributed by atoms with Crippen LogP contribution in [0.25, 0.3) is 5.65 Å². The highest BCUT2D eigenvalue weighted by atomic mass is 15.3. The molecule has 0 saturated carbocycles. The number of fused-ring (bicyclic) bond motifs is 1. The minimum Gasteiger partial charge on any atom is -0.354 e. The van der Waals surface area contributed by atoms with E-state index < -0.39 is 0 Å². The number of hydrogen-bond acceptors (Lipinski definition) is 4. The van der Waals surface area contributed by atoms with Crippen LogP contribution in [0.5, 0.6) is 0 Å². The van der Waals surface area contributed by atoms with E-state index in [1.165, 1.54) is 5.56 Å². The minimum absolute atomic E-state index is 0.439. The first-order valence-corrected chi connectivity index (χ1v) is 7.87. The van der Waals surface area contributed by atoms with Crippen LogP contribution in [0.4, 0.5) is 5.82 Å². The molecule has 0 aromatic carbocycles. The fraction of sp³-hybridized carbons (Fsp3) is 0.353. The van der Waals surface area contributed by atoms with E-state index in [4.69, 9.17) is 0 Å². The molecule has 0 aliphatic carbocycles. The number of rotatable bonds is 2. The lowest BCUT2D eigenvalue weighted by atomic mass is 9.93.